The van der Waals surface area contributed by atoms with Crippen molar-refractivity contribution in [3.63, 3.8) is 0 Å². The molecule has 186 valence electrons. The number of aryl methyl sites for hydroxylation is 2. The largest absolute Gasteiger partial charge is 0.486 e. The Hall–Kier alpha value is -3.62. The first kappa shape index (κ1) is 24.1. The molecule has 1 aromatic heterocycles. The summed E-state index contributed by atoms with van der Waals surface area (Å²) in [7, 11) is -3.95. The third-order valence-electron chi connectivity index (χ3n) is 6.40. The summed E-state index contributed by atoms with van der Waals surface area (Å²) < 4.78 is 40.2. The van der Waals surface area contributed by atoms with Crippen LogP contribution in [0.2, 0.25) is 0 Å². The Kier molecular flexibility index (Phi) is 6.55. The summed E-state index contributed by atoms with van der Waals surface area (Å²) in [5, 5.41) is 0.861. The molecule has 4 aromatic rings. The molecule has 5 rings (SSSR count). The maximum Gasteiger partial charge on any atom is 0.252 e. The van der Waals surface area contributed by atoms with Crippen LogP contribution < -0.4 is 15.0 Å². The van der Waals surface area contributed by atoms with Gasteiger partial charge in [0.1, 0.15) is 13.2 Å². The van der Waals surface area contributed by atoms with Crippen LogP contribution in [0.3, 0.4) is 0 Å². The second-order valence-electron chi connectivity index (χ2n) is 9.05. The number of sulfonamides is 1. The SMILES string of the molecule is Cc1cccc(CCN(Cc2cc3cccc(C)c3[nH]c2=O)S(=O)(=O)c2ccc3c(c2)OCCO3)c1. The van der Waals surface area contributed by atoms with E-state index in [9.17, 15) is 13.2 Å². The van der Waals surface area contributed by atoms with Gasteiger partial charge in [-0.15, -0.1) is 0 Å². The minimum atomic E-state index is -3.95. The lowest BCUT2D eigenvalue weighted by atomic mass is 10.1. The smallest absolute Gasteiger partial charge is 0.252 e. The van der Waals surface area contributed by atoms with Crippen molar-refractivity contribution in [2.24, 2.45) is 0 Å². The fourth-order valence-electron chi connectivity index (χ4n) is 4.47. The molecule has 0 unspecified atom stereocenters. The highest BCUT2D eigenvalue weighted by Gasteiger charge is 2.27. The lowest BCUT2D eigenvalue weighted by molar-refractivity contribution is 0.171. The first-order chi connectivity index (χ1) is 17.3. The Bertz CT molecular complexity index is 1590. The Balaban J connectivity index is 1.52. The van der Waals surface area contributed by atoms with Crippen molar-refractivity contribution in [1.82, 2.24) is 9.29 Å². The number of fused-ring (bicyclic) bond motifs is 2. The molecule has 1 N–H and O–H groups in total. The predicted octanol–water partition coefficient (Wildman–Crippen LogP) is 4.35. The van der Waals surface area contributed by atoms with Crippen LogP contribution in [-0.4, -0.2) is 37.5 Å². The average molecular weight is 505 g/mol. The fourth-order valence-corrected chi connectivity index (χ4v) is 5.91. The van der Waals surface area contributed by atoms with E-state index in [0.29, 0.717) is 36.7 Å². The summed E-state index contributed by atoms with van der Waals surface area (Å²) in [6.45, 7) is 4.88. The number of hydrogen-bond donors (Lipinski definition) is 1. The Morgan fingerprint density at radius 2 is 1.69 bits per heavy atom. The van der Waals surface area contributed by atoms with Gasteiger partial charge in [-0.1, -0.05) is 48.0 Å². The summed E-state index contributed by atoms with van der Waals surface area (Å²) in [5.74, 6) is 0.924. The summed E-state index contributed by atoms with van der Waals surface area (Å²) in [4.78, 5) is 16.0. The molecule has 0 aliphatic carbocycles. The van der Waals surface area contributed by atoms with E-state index in [1.807, 2.05) is 56.3 Å². The van der Waals surface area contributed by atoms with E-state index < -0.39 is 10.0 Å². The van der Waals surface area contributed by atoms with Crippen molar-refractivity contribution in [2.45, 2.75) is 31.7 Å². The quantitative estimate of drug-likeness (QED) is 0.404. The van der Waals surface area contributed by atoms with Gasteiger partial charge in [-0.2, -0.15) is 4.31 Å². The molecule has 2 heterocycles. The molecule has 0 saturated heterocycles. The highest BCUT2D eigenvalue weighted by molar-refractivity contribution is 7.89. The van der Waals surface area contributed by atoms with Gasteiger partial charge in [0.25, 0.3) is 5.56 Å². The zero-order valence-corrected chi connectivity index (χ0v) is 21.1. The van der Waals surface area contributed by atoms with Gasteiger partial charge in [-0.05, 0) is 55.0 Å². The van der Waals surface area contributed by atoms with Crippen LogP contribution in [0.4, 0.5) is 0 Å². The van der Waals surface area contributed by atoms with Crippen molar-refractivity contribution in [3.8, 4) is 11.5 Å². The summed E-state index contributed by atoms with van der Waals surface area (Å²) in [5.41, 5.74) is 3.94. The molecule has 3 aromatic carbocycles. The van der Waals surface area contributed by atoms with Gasteiger partial charge < -0.3 is 14.5 Å². The molecule has 0 amide bonds. The number of para-hydroxylation sites is 1. The minimum absolute atomic E-state index is 0.0538. The van der Waals surface area contributed by atoms with Crippen molar-refractivity contribution in [2.75, 3.05) is 19.8 Å². The molecule has 1 aliphatic rings. The molecule has 0 fully saturated rings. The standard InChI is InChI=1S/C28H28N2O5S/c1-19-5-3-7-21(15-19)11-12-30(18-23-16-22-8-4-6-20(2)27(22)29-28(23)31)36(32,33)24-9-10-25-26(17-24)35-14-13-34-25/h3-10,15-17H,11-14,18H2,1-2H3,(H,29,31). The lowest BCUT2D eigenvalue weighted by Crippen LogP contribution is -2.34. The van der Waals surface area contributed by atoms with Gasteiger partial charge in [0.05, 0.1) is 10.4 Å². The number of pyridine rings is 1. The summed E-state index contributed by atoms with van der Waals surface area (Å²) in [6.07, 6.45) is 0.510. The van der Waals surface area contributed by atoms with Gasteiger partial charge in [0.15, 0.2) is 11.5 Å². The van der Waals surface area contributed by atoms with Gasteiger partial charge in [0, 0.05) is 24.7 Å². The van der Waals surface area contributed by atoms with Gasteiger partial charge >= 0.3 is 0 Å². The molecule has 0 atom stereocenters. The molecule has 7 nitrogen and oxygen atoms in total. The van der Waals surface area contributed by atoms with Gasteiger partial charge in [0.2, 0.25) is 10.0 Å². The van der Waals surface area contributed by atoms with Crippen LogP contribution in [-0.2, 0) is 23.0 Å². The van der Waals surface area contributed by atoms with Gasteiger partial charge in [-0.25, -0.2) is 8.42 Å². The maximum atomic E-state index is 13.9. The number of aromatic nitrogens is 1. The predicted molar refractivity (Wildman–Crippen MR) is 139 cm³/mol. The first-order valence-electron chi connectivity index (χ1n) is 11.9. The number of hydrogen-bond acceptors (Lipinski definition) is 5. The van der Waals surface area contributed by atoms with Crippen molar-refractivity contribution >= 4 is 20.9 Å². The van der Waals surface area contributed by atoms with E-state index in [2.05, 4.69) is 4.98 Å². The zero-order valence-electron chi connectivity index (χ0n) is 20.3. The number of nitrogens with one attached hydrogen (secondary N) is 1. The fraction of sp³-hybridized carbons (Fsp3) is 0.250. The van der Waals surface area contributed by atoms with E-state index in [1.165, 1.54) is 16.4 Å². The third kappa shape index (κ3) is 4.87. The lowest BCUT2D eigenvalue weighted by Gasteiger charge is -2.24. The molecule has 1 aliphatic heterocycles. The van der Waals surface area contributed by atoms with E-state index in [1.54, 1.807) is 12.1 Å². The monoisotopic (exact) mass is 504 g/mol. The highest BCUT2D eigenvalue weighted by Crippen LogP contribution is 2.33. The zero-order chi connectivity index (χ0) is 25.3. The van der Waals surface area contributed by atoms with Crippen LogP contribution in [0.25, 0.3) is 10.9 Å². The molecular formula is C28H28N2O5S. The van der Waals surface area contributed by atoms with Crippen LogP contribution in [0, 0.1) is 13.8 Å². The molecule has 0 saturated carbocycles. The van der Waals surface area contributed by atoms with E-state index in [4.69, 9.17) is 9.47 Å². The second kappa shape index (κ2) is 9.79. The Morgan fingerprint density at radius 1 is 0.917 bits per heavy atom. The maximum absolute atomic E-state index is 13.9. The topological polar surface area (TPSA) is 88.7 Å². The number of aromatic amines is 1. The van der Waals surface area contributed by atoms with Crippen LogP contribution in [0.15, 0.2) is 76.4 Å². The van der Waals surface area contributed by atoms with Crippen molar-refractivity contribution < 1.29 is 17.9 Å². The molecule has 8 heteroatoms. The number of nitrogens with zero attached hydrogens (tertiary/aromatic N) is 1. The van der Waals surface area contributed by atoms with Crippen LogP contribution in [0.1, 0.15) is 22.3 Å². The van der Waals surface area contributed by atoms with Crippen molar-refractivity contribution in [1.29, 1.82) is 0 Å². The molecular weight excluding hydrogens is 476 g/mol. The van der Waals surface area contributed by atoms with Crippen LogP contribution in [0.5, 0.6) is 11.5 Å². The highest BCUT2D eigenvalue weighted by atomic mass is 32.2. The van der Waals surface area contributed by atoms with E-state index in [0.717, 1.165) is 27.6 Å². The molecule has 36 heavy (non-hydrogen) atoms. The number of rotatable bonds is 7. The Labute approximate surface area is 210 Å². The Morgan fingerprint density at radius 3 is 2.50 bits per heavy atom. The number of benzene rings is 3. The van der Waals surface area contributed by atoms with Gasteiger partial charge in [-0.3, -0.25) is 4.79 Å². The van der Waals surface area contributed by atoms with Crippen LogP contribution >= 0.6 is 0 Å². The first-order valence-corrected chi connectivity index (χ1v) is 13.3. The number of H-pyrrole nitrogens is 1. The van der Waals surface area contributed by atoms with E-state index >= 15 is 0 Å². The summed E-state index contributed by atoms with van der Waals surface area (Å²) in [6, 6.07) is 20.2. The molecule has 0 radical (unpaired) electrons. The second-order valence-corrected chi connectivity index (χ2v) is 11.0. The van der Waals surface area contributed by atoms with E-state index in [-0.39, 0.29) is 23.5 Å². The molecule has 0 spiro atoms. The molecule has 0 bridgehead atoms. The van der Waals surface area contributed by atoms with Crippen molar-refractivity contribution in [3.05, 3.63) is 99.3 Å². The average Bonchev–Trinajstić information content (AvgIpc) is 2.87. The number of ether oxygens (including phenoxy) is 2. The minimum Gasteiger partial charge on any atom is -0.486 e. The normalized spacial score (nSPS) is 13.3. The third-order valence-corrected chi connectivity index (χ3v) is 8.24. The summed E-state index contributed by atoms with van der Waals surface area (Å²) >= 11 is 0.